The third kappa shape index (κ3) is 4.02. The minimum absolute atomic E-state index is 0.181. The van der Waals surface area contributed by atoms with Crippen LogP contribution >= 0.6 is 0 Å². The van der Waals surface area contributed by atoms with Gasteiger partial charge in [0.25, 0.3) is 5.91 Å². The van der Waals surface area contributed by atoms with Gasteiger partial charge in [0.05, 0.1) is 12.1 Å². The lowest BCUT2D eigenvalue weighted by molar-refractivity contribution is -0.146. The van der Waals surface area contributed by atoms with Crippen LogP contribution < -0.4 is 5.73 Å². The Hall–Kier alpha value is -1.92. The van der Waals surface area contributed by atoms with Gasteiger partial charge in [-0.25, -0.2) is 0 Å². The van der Waals surface area contributed by atoms with Crippen molar-refractivity contribution in [2.75, 3.05) is 19.6 Å². The number of nitrogens with two attached hydrogens (primary N) is 1. The molecule has 25 heavy (non-hydrogen) atoms. The fourth-order valence-corrected chi connectivity index (χ4v) is 3.85. The van der Waals surface area contributed by atoms with Crippen LogP contribution in [0.4, 0.5) is 0 Å². The zero-order chi connectivity index (χ0) is 17.8. The summed E-state index contributed by atoms with van der Waals surface area (Å²) in [5, 5.41) is 10.5. The van der Waals surface area contributed by atoms with Crippen LogP contribution in [0.3, 0.4) is 0 Å². The Morgan fingerprint density at radius 3 is 2.44 bits per heavy atom. The number of benzene rings is 1. The van der Waals surface area contributed by atoms with Gasteiger partial charge < -0.3 is 20.6 Å². The standard InChI is InChI=1S/C19H27N3O3/c20-15(13-14-7-2-1-3-8-14)18(24)22-12-6-9-16(22)17(23)19(25)21-10-4-5-11-21/h1-3,7-8,15-17,23H,4-6,9-13,20H2/t15-,16-,17?/m0/s1. The molecule has 0 radical (unpaired) electrons. The van der Waals surface area contributed by atoms with Crippen molar-refractivity contribution >= 4 is 11.8 Å². The third-order valence-corrected chi connectivity index (χ3v) is 5.23. The summed E-state index contributed by atoms with van der Waals surface area (Å²) in [6.07, 6.45) is 2.71. The minimum Gasteiger partial charge on any atom is -0.381 e. The van der Waals surface area contributed by atoms with Gasteiger partial charge in [-0.2, -0.15) is 0 Å². The van der Waals surface area contributed by atoms with Crippen molar-refractivity contribution in [3.8, 4) is 0 Å². The molecular weight excluding hydrogens is 318 g/mol. The molecule has 0 bridgehead atoms. The van der Waals surface area contributed by atoms with Gasteiger partial charge in [-0.1, -0.05) is 30.3 Å². The average Bonchev–Trinajstić information content (AvgIpc) is 3.32. The van der Waals surface area contributed by atoms with E-state index in [-0.39, 0.29) is 11.8 Å². The second-order valence-corrected chi connectivity index (χ2v) is 7.01. The predicted octanol–water partition coefficient (Wildman–Crippen LogP) is 0.531. The maximum absolute atomic E-state index is 12.8. The van der Waals surface area contributed by atoms with Crippen LogP contribution in [0.25, 0.3) is 0 Å². The fourth-order valence-electron chi connectivity index (χ4n) is 3.85. The van der Waals surface area contributed by atoms with Crippen molar-refractivity contribution in [1.29, 1.82) is 0 Å². The summed E-state index contributed by atoms with van der Waals surface area (Å²) in [6, 6.07) is 8.54. The van der Waals surface area contributed by atoms with Crippen LogP contribution in [-0.4, -0.2) is 64.5 Å². The molecule has 2 heterocycles. The Balaban J connectivity index is 1.63. The van der Waals surface area contributed by atoms with Crippen molar-refractivity contribution in [1.82, 2.24) is 9.80 Å². The first-order valence-corrected chi connectivity index (χ1v) is 9.15. The van der Waals surface area contributed by atoms with Crippen LogP contribution in [0.15, 0.2) is 30.3 Å². The van der Waals surface area contributed by atoms with E-state index < -0.39 is 18.2 Å². The Bertz CT molecular complexity index is 601. The molecule has 2 saturated heterocycles. The van der Waals surface area contributed by atoms with Crippen molar-refractivity contribution in [2.45, 2.75) is 50.3 Å². The molecule has 0 spiro atoms. The molecule has 6 heteroatoms. The second-order valence-electron chi connectivity index (χ2n) is 7.01. The lowest BCUT2D eigenvalue weighted by Crippen LogP contribution is -2.54. The molecular formula is C19H27N3O3. The summed E-state index contributed by atoms with van der Waals surface area (Å²) >= 11 is 0. The van der Waals surface area contributed by atoms with E-state index in [4.69, 9.17) is 5.73 Å². The number of carbonyl (C=O) groups is 2. The van der Waals surface area contributed by atoms with Gasteiger partial charge in [-0.05, 0) is 37.7 Å². The zero-order valence-electron chi connectivity index (χ0n) is 14.5. The van der Waals surface area contributed by atoms with E-state index in [0.717, 1.165) is 24.8 Å². The highest BCUT2D eigenvalue weighted by Crippen LogP contribution is 2.23. The normalized spacial score (nSPS) is 22.9. The van der Waals surface area contributed by atoms with Gasteiger partial charge in [-0.3, -0.25) is 9.59 Å². The number of hydrogen-bond acceptors (Lipinski definition) is 4. The van der Waals surface area contributed by atoms with Gasteiger partial charge in [0.2, 0.25) is 5.91 Å². The van der Waals surface area contributed by atoms with E-state index in [1.807, 2.05) is 30.3 Å². The predicted molar refractivity (Wildman–Crippen MR) is 94.7 cm³/mol. The van der Waals surface area contributed by atoms with Crippen LogP contribution in [0.5, 0.6) is 0 Å². The molecule has 136 valence electrons. The van der Waals surface area contributed by atoms with Crippen LogP contribution in [0.2, 0.25) is 0 Å². The highest BCUT2D eigenvalue weighted by Gasteiger charge is 2.40. The largest absolute Gasteiger partial charge is 0.381 e. The van der Waals surface area contributed by atoms with Crippen molar-refractivity contribution < 1.29 is 14.7 Å². The number of amides is 2. The van der Waals surface area contributed by atoms with Crippen molar-refractivity contribution in [2.24, 2.45) is 5.73 Å². The Labute approximate surface area is 148 Å². The first kappa shape index (κ1) is 17.9. The lowest BCUT2D eigenvalue weighted by atomic mass is 10.0. The molecule has 3 atom stereocenters. The van der Waals surface area contributed by atoms with E-state index in [9.17, 15) is 14.7 Å². The van der Waals surface area contributed by atoms with Gasteiger partial charge in [0.1, 0.15) is 0 Å². The Kier molecular flexibility index (Phi) is 5.71. The summed E-state index contributed by atoms with van der Waals surface area (Å²) < 4.78 is 0. The summed E-state index contributed by atoms with van der Waals surface area (Å²) in [4.78, 5) is 28.6. The van der Waals surface area contributed by atoms with E-state index in [2.05, 4.69) is 0 Å². The molecule has 0 saturated carbocycles. The summed E-state index contributed by atoms with van der Waals surface area (Å²) in [5.74, 6) is -0.432. The number of rotatable bonds is 5. The number of carbonyl (C=O) groups excluding carboxylic acids is 2. The highest BCUT2D eigenvalue weighted by molar-refractivity contribution is 5.85. The fraction of sp³-hybridized carbons (Fsp3) is 0.579. The summed E-state index contributed by atoms with van der Waals surface area (Å²) in [7, 11) is 0. The van der Waals surface area contributed by atoms with Gasteiger partial charge in [-0.15, -0.1) is 0 Å². The summed E-state index contributed by atoms with van der Waals surface area (Å²) in [5.41, 5.74) is 7.13. The molecule has 2 aliphatic heterocycles. The van der Waals surface area contributed by atoms with Gasteiger partial charge in [0, 0.05) is 19.6 Å². The van der Waals surface area contributed by atoms with Crippen LogP contribution in [0, 0.1) is 0 Å². The molecule has 0 aliphatic carbocycles. The molecule has 3 rings (SSSR count). The monoisotopic (exact) mass is 345 g/mol. The molecule has 2 fully saturated rings. The number of nitrogens with zero attached hydrogens (tertiary/aromatic N) is 2. The van der Waals surface area contributed by atoms with Gasteiger partial charge in [0.15, 0.2) is 6.10 Å². The maximum atomic E-state index is 12.8. The molecule has 3 N–H and O–H groups in total. The topological polar surface area (TPSA) is 86.9 Å². The van der Waals surface area contributed by atoms with E-state index in [0.29, 0.717) is 32.5 Å². The number of hydrogen-bond donors (Lipinski definition) is 2. The van der Waals surface area contributed by atoms with E-state index in [1.165, 1.54) is 0 Å². The number of aliphatic hydroxyl groups is 1. The third-order valence-electron chi connectivity index (χ3n) is 5.23. The van der Waals surface area contributed by atoms with E-state index in [1.54, 1.807) is 9.80 Å². The van der Waals surface area contributed by atoms with E-state index >= 15 is 0 Å². The molecule has 1 unspecified atom stereocenters. The molecule has 1 aromatic carbocycles. The number of likely N-dealkylation sites (tertiary alicyclic amines) is 2. The molecule has 1 aromatic rings. The lowest BCUT2D eigenvalue weighted by Gasteiger charge is -2.31. The first-order chi connectivity index (χ1) is 12.1. The average molecular weight is 345 g/mol. The molecule has 2 aliphatic rings. The minimum atomic E-state index is -1.14. The maximum Gasteiger partial charge on any atom is 0.253 e. The van der Waals surface area contributed by atoms with Gasteiger partial charge >= 0.3 is 0 Å². The Morgan fingerprint density at radius 2 is 1.76 bits per heavy atom. The quantitative estimate of drug-likeness (QED) is 0.815. The molecule has 6 nitrogen and oxygen atoms in total. The van der Waals surface area contributed by atoms with Crippen LogP contribution in [0.1, 0.15) is 31.2 Å². The SMILES string of the molecule is N[C@@H](Cc1ccccc1)C(=O)N1CCC[C@H]1C(O)C(=O)N1CCCC1. The number of aliphatic hydroxyl groups excluding tert-OH is 1. The zero-order valence-corrected chi connectivity index (χ0v) is 14.5. The molecule has 2 amide bonds. The van der Waals surface area contributed by atoms with Crippen molar-refractivity contribution in [3.63, 3.8) is 0 Å². The Morgan fingerprint density at radius 1 is 1.08 bits per heavy atom. The second kappa shape index (κ2) is 7.97. The smallest absolute Gasteiger partial charge is 0.253 e. The van der Waals surface area contributed by atoms with Crippen molar-refractivity contribution in [3.05, 3.63) is 35.9 Å². The molecule has 0 aromatic heterocycles. The first-order valence-electron chi connectivity index (χ1n) is 9.15. The van der Waals surface area contributed by atoms with Crippen LogP contribution in [-0.2, 0) is 16.0 Å². The highest BCUT2D eigenvalue weighted by atomic mass is 16.3. The summed E-state index contributed by atoms with van der Waals surface area (Å²) in [6.45, 7) is 1.95.